The lowest BCUT2D eigenvalue weighted by Gasteiger charge is -2.35. The van der Waals surface area contributed by atoms with E-state index in [9.17, 15) is 0 Å². The molecular formula is C12H26AlOSi-. The first kappa shape index (κ1) is 15.3. The van der Waals surface area contributed by atoms with Crippen molar-refractivity contribution in [1.82, 2.24) is 0 Å². The van der Waals surface area contributed by atoms with Crippen molar-refractivity contribution in [2.75, 3.05) is 6.61 Å². The molecule has 0 saturated carbocycles. The lowest BCUT2D eigenvalue weighted by atomic mass is 10.2. The molecule has 0 aliphatic rings. The van der Waals surface area contributed by atoms with Crippen molar-refractivity contribution in [2.45, 2.75) is 56.3 Å². The van der Waals surface area contributed by atoms with E-state index in [-0.39, 0.29) is 5.04 Å². The minimum Gasteiger partial charge on any atom is -0.406 e. The maximum Gasteiger partial charge on any atom is 0.215 e. The molecule has 0 spiro atoms. The summed E-state index contributed by atoms with van der Waals surface area (Å²) in [5, 5.41) is 0.288. The van der Waals surface area contributed by atoms with Gasteiger partial charge in [0.1, 0.15) is 0 Å². The molecule has 0 unspecified atom stereocenters. The summed E-state index contributed by atoms with van der Waals surface area (Å²) in [6.45, 7) is 11.9. The maximum atomic E-state index is 5.98. The van der Waals surface area contributed by atoms with Gasteiger partial charge in [-0.3, -0.25) is 0 Å². The van der Waals surface area contributed by atoms with Crippen LogP contribution in [0.2, 0.25) is 35.5 Å². The first-order chi connectivity index (χ1) is 6.46. The fraction of sp³-hybridized carbons (Fsp3) is 0.833. The summed E-state index contributed by atoms with van der Waals surface area (Å²) in [5.74, 6) is 10.0. The zero-order valence-electron chi connectivity index (χ0n) is 11.7. The Morgan fingerprint density at radius 2 is 1.60 bits per heavy atom. The first-order valence-corrected chi connectivity index (χ1v) is 12.8. The molecule has 0 saturated heterocycles. The van der Waals surface area contributed by atoms with Crippen LogP contribution in [0, 0.1) is 10.7 Å². The van der Waals surface area contributed by atoms with E-state index in [0.29, 0.717) is 6.61 Å². The van der Waals surface area contributed by atoms with Crippen molar-refractivity contribution in [2.24, 2.45) is 0 Å². The molecule has 0 aromatic carbocycles. The fourth-order valence-corrected chi connectivity index (χ4v) is 2.34. The molecule has 0 aromatic rings. The van der Waals surface area contributed by atoms with Crippen molar-refractivity contribution in [1.29, 1.82) is 0 Å². The van der Waals surface area contributed by atoms with Crippen LogP contribution in [-0.2, 0) is 4.43 Å². The van der Waals surface area contributed by atoms with E-state index < -0.39 is 21.4 Å². The van der Waals surface area contributed by atoms with Crippen LogP contribution in [0.5, 0.6) is 0 Å². The van der Waals surface area contributed by atoms with Crippen LogP contribution in [0.4, 0.5) is 0 Å². The van der Waals surface area contributed by atoms with Crippen LogP contribution < -0.4 is 0 Å². The summed E-state index contributed by atoms with van der Waals surface area (Å²) in [6.07, 6.45) is 0. The van der Waals surface area contributed by atoms with Crippen LogP contribution in [0.1, 0.15) is 20.8 Å². The Hall–Kier alpha value is 0.269. The van der Waals surface area contributed by atoms with Crippen LogP contribution >= 0.6 is 0 Å². The lowest BCUT2D eigenvalue weighted by molar-refractivity contribution is 0.334. The van der Waals surface area contributed by atoms with Gasteiger partial charge in [-0.25, -0.2) is 0 Å². The smallest absolute Gasteiger partial charge is 0.215 e. The van der Waals surface area contributed by atoms with Crippen molar-refractivity contribution >= 4 is 21.4 Å². The molecule has 0 aromatic heterocycles. The third kappa shape index (κ3) is 6.44. The zero-order chi connectivity index (χ0) is 12.3. The standard InChI is InChI=1S/C9H17OSi.3CH3.Al/c1-7-8-10-11(5,6)9(2,3)4;;;;/h8H2,2-6H3;3*1H3;/q;;;;-1. The molecule has 0 atom stereocenters. The summed E-state index contributed by atoms with van der Waals surface area (Å²) in [4.78, 5) is 3.36. The molecule has 88 valence electrons. The average Bonchev–Trinajstić information content (AvgIpc) is 1.94. The lowest BCUT2D eigenvalue weighted by Crippen LogP contribution is -2.40. The van der Waals surface area contributed by atoms with E-state index in [0.717, 1.165) is 0 Å². The number of hydrogen-bond donors (Lipinski definition) is 0. The third-order valence-corrected chi connectivity index (χ3v) is 8.39. The van der Waals surface area contributed by atoms with Crippen LogP contribution in [0.15, 0.2) is 0 Å². The SMILES string of the molecule is CC(C)(C)[Si](C)(C)OCC#[C][Al-]([CH3])([CH3])[CH3]. The van der Waals surface area contributed by atoms with Gasteiger partial charge in [0.2, 0.25) is 13.1 Å². The fourth-order valence-electron chi connectivity index (χ4n) is 0.781. The summed E-state index contributed by atoms with van der Waals surface area (Å²) in [5.41, 5.74) is 0. The predicted molar refractivity (Wildman–Crippen MR) is 74.3 cm³/mol. The summed E-state index contributed by atoms with van der Waals surface area (Å²) < 4.78 is 5.98. The predicted octanol–water partition coefficient (Wildman–Crippen LogP) is 3.89. The Bertz CT molecular complexity index is 260. The first-order valence-electron chi connectivity index (χ1n) is 5.87. The molecule has 0 fully saturated rings. The quantitative estimate of drug-likeness (QED) is 0.526. The Morgan fingerprint density at radius 3 is 1.93 bits per heavy atom. The monoisotopic (exact) mass is 241 g/mol. The topological polar surface area (TPSA) is 9.23 Å². The van der Waals surface area contributed by atoms with E-state index in [1.165, 1.54) is 0 Å². The maximum absolute atomic E-state index is 5.98. The van der Waals surface area contributed by atoms with Gasteiger partial charge < -0.3 is 9.21 Å². The Morgan fingerprint density at radius 1 is 1.13 bits per heavy atom. The molecule has 0 amide bonds. The van der Waals surface area contributed by atoms with Crippen LogP contribution in [0.25, 0.3) is 0 Å². The minimum absolute atomic E-state index is 0.288. The van der Waals surface area contributed by atoms with Crippen LogP contribution in [0.3, 0.4) is 0 Å². The van der Waals surface area contributed by atoms with E-state index in [2.05, 4.69) is 61.9 Å². The molecule has 0 aliphatic carbocycles. The second-order valence-corrected chi connectivity index (χ2v) is 17.3. The van der Waals surface area contributed by atoms with Gasteiger partial charge in [-0.1, -0.05) is 20.8 Å². The molecule has 15 heavy (non-hydrogen) atoms. The normalized spacial score (nSPS) is 13.3. The minimum atomic E-state index is -1.59. The van der Waals surface area contributed by atoms with Crippen molar-refractivity contribution in [3.8, 4) is 10.7 Å². The zero-order valence-corrected chi connectivity index (χ0v) is 13.8. The van der Waals surface area contributed by atoms with E-state index >= 15 is 0 Å². The van der Waals surface area contributed by atoms with Crippen molar-refractivity contribution in [3.05, 3.63) is 0 Å². The highest BCUT2D eigenvalue weighted by Crippen LogP contribution is 2.36. The molecule has 0 rings (SSSR count). The highest BCUT2D eigenvalue weighted by Gasteiger charge is 2.36. The highest BCUT2D eigenvalue weighted by molar-refractivity contribution is 6.83. The van der Waals surface area contributed by atoms with Gasteiger partial charge in [0.15, 0.2) is 8.32 Å². The Labute approximate surface area is 99.4 Å². The number of hydrogen-bond acceptors (Lipinski definition) is 1. The summed E-state index contributed by atoms with van der Waals surface area (Å²) in [7, 11) is -1.59. The molecule has 0 bridgehead atoms. The highest BCUT2D eigenvalue weighted by atomic mass is 28.4. The molecule has 0 N–H and O–H groups in total. The molecule has 3 heteroatoms. The van der Waals surface area contributed by atoms with Gasteiger partial charge >= 0.3 is 0 Å². The molecule has 0 heterocycles. The van der Waals surface area contributed by atoms with Gasteiger partial charge in [0.25, 0.3) is 0 Å². The second kappa shape index (κ2) is 5.07. The number of rotatable bonds is 2. The van der Waals surface area contributed by atoms with E-state index in [1.54, 1.807) is 0 Å². The van der Waals surface area contributed by atoms with Crippen molar-refractivity contribution < 1.29 is 4.43 Å². The van der Waals surface area contributed by atoms with Crippen LogP contribution in [-0.4, -0.2) is 28.0 Å². The summed E-state index contributed by atoms with van der Waals surface area (Å²) >= 11 is -1.49. The second-order valence-electron chi connectivity index (χ2n) is 6.97. The largest absolute Gasteiger partial charge is 0.406 e. The molecule has 1 nitrogen and oxygen atoms in total. The summed E-state index contributed by atoms with van der Waals surface area (Å²) in [6, 6.07) is 0. The van der Waals surface area contributed by atoms with Gasteiger partial charge in [-0.15, -0.1) is 5.92 Å². The molecule has 0 radical (unpaired) electrons. The van der Waals surface area contributed by atoms with Gasteiger partial charge in [0, 0.05) is 0 Å². The van der Waals surface area contributed by atoms with Gasteiger partial charge in [0.05, 0.1) is 6.61 Å². The molecule has 0 aliphatic heterocycles. The Balaban J connectivity index is 4.23. The van der Waals surface area contributed by atoms with Gasteiger partial charge in [-0.05, 0) is 18.1 Å². The van der Waals surface area contributed by atoms with E-state index in [1.807, 2.05) is 0 Å². The third-order valence-electron chi connectivity index (χ3n) is 2.85. The Kier molecular flexibility index (Phi) is 5.16. The van der Waals surface area contributed by atoms with Crippen molar-refractivity contribution in [3.63, 3.8) is 0 Å². The molecular weight excluding hydrogens is 215 g/mol. The van der Waals surface area contributed by atoms with E-state index in [4.69, 9.17) is 4.43 Å². The average molecular weight is 241 g/mol. The van der Waals surface area contributed by atoms with Gasteiger partial charge in [-0.2, -0.15) is 17.4 Å².